The third-order valence-electron chi connectivity index (χ3n) is 4.61. The van der Waals surface area contributed by atoms with E-state index in [2.05, 4.69) is 32.5 Å². The molecule has 1 atom stereocenters. The molecule has 1 unspecified atom stereocenters. The van der Waals surface area contributed by atoms with E-state index in [0.717, 1.165) is 16.3 Å². The van der Waals surface area contributed by atoms with Crippen LogP contribution in [0.2, 0.25) is 0 Å². The number of nitrogens with zero attached hydrogens (tertiary/aromatic N) is 5. The Bertz CT molecular complexity index is 1110. The van der Waals surface area contributed by atoms with E-state index in [9.17, 15) is 4.39 Å². The number of benzene rings is 2. The first kappa shape index (κ1) is 20.3. The molecule has 0 bridgehead atoms. The molecule has 2 aromatic heterocycles. The fraction of sp³-hybridized carbons (Fsp3) is 0.273. The first-order chi connectivity index (χ1) is 14.5. The first-order valence-electron chi connectivity index (χ1n) is 9.74. The summed E-state index contributed by atoms with van der Waals surface area (Å²) in [5, 5.41) is 13.5. The molecule has 4 rings (SSSR count). The van der Waals surface area contributed by atoms with Crippen LogP contribution in [-0.4, -0.2) is 24.9 Å². The van der Waals surface area contributed by atoms with Gasteiger partial charge in [0.15, 0.2) is 16.8 Å². The van der Waals surface area contributed by atoms with Gasteiger partial charge in [-0.3, -0.25) is 4.57 Å². The van der Waals surface area contributed by atoms with Gasteiger partial charge < -0.3 is 4.52 Å². The van der Waals surface area contributed by atoms with E-state index >= 15 is 0 Å². The van der Waals surface area contributed by atoms with Crippen molar-refractivity contribution in [3.05, 3.63) is 77.7 Å². The minimum absolute atomic E-state index is 0.0928. The monoisotopic (exact) mass is 423 g/mol. The van der Waals surface area contributed by atoms with Crippen LogP contribution < -0.4 is 0 Å². The topological polar surface area (TPSA) is 69.6 Å². The van der Waals surface area contributed by atoms with Crippen molar-refractivity contribution in [2.75, 3.05) is 0 Å². The van der Waals surface area contributed by atoms with Crippen molar-refractivity contribution in [2.45, 2.75) is 43.6 Å². The fourth-order valence-corrected chi connectivity index (χ4v) is 3.83. The molecule has 30 heavy (non-hydrogen) atoms. The number of hydrogen-bond acceptors (Lipinski definition) is 6. The maximum absolute atomic E-state index is 13.4. The molecule has 0 aliphatic rings. The summed E-state index contributed by atoms with van der Waals surface area (Å²) in [6, 6.07) is 16.4. The van der Waals surface area contributed by atoms with Crippen molar-refractivity contribution in [1.29, 1.82) is 0 Å². The van der Waals surface area contributed by atoms with Crippen molar-refractivity contribution in [1.82, 2.24) is 24.9 Å². The third kappa shape index (κ3) is 4.43. The zero-order valence-corrected chi connectivity index (χ0v) is 17.8. The molecule has 0 spiro atoms. The maximum Gasteiger partial charge on any atom is 0.239 e. The van der Waals surface area contributed by atoms with Crippen molar-refractivity contribution in [3.63, 3.8) is 0 Å². The van der Waals surface area contributed by atoms with Crippen LogP contribution in [-0.2, 0) is 6.54 Å². The van der Waals surface area contributed by atoms with Crippen LogP contribution in [0.5, 0.6) is 0 Å². The standard InChI is InChI=1S/C22H22FN5OS/c1-14(2)19-24-21(29-27-19)15(3)30-22-26-25-20(17-9-11-18(23)12-10-17)28(22)13-16-7-5-4-6-8-16/h4-12,14-15H,13H2,1-3H3. The molecule has 0 aliphatic carbocycles. The van der Waals surface area contributed by atoms with Gasteiger partial charge in [-0.15, -0.1) is 10.2 Å². The van der Waals surface area contributed by atoms with E-state index in [-0.39, 0.29) is 17.0 Å². The normalized spacial score (nSPS) is 12.4. The summed E-state index contributed by atoms with van der Waals surface area (Å²) in [4.78, 5) is 4.50. The molecular formula is C22H22FN5OS. The highest BCUT2D eigenvalue weighted by atomic mass is 32.2. The number of rotatable bonds is 7. The second-order valence-electron chi connectivity index (χ2n) is 7.29. The number of halogens is 1. The number of hydrogen-bond donors (Lipinski definition) is 0. The van der Waals surface area contributed by atoms with Gasteiger partial charge in [0.2, 0.25) is 5.89 Å². The molecule has 6 nitrogen and oxygen atoms in total. The molecule has 0 saturated heterocycles. The molecule has 154 valence electrons. The van der Waals surface area contributed by atoms with Gasteiger partial charge in [0.25, 0.3) is 0 Å². The summed E-state index contributed by atoms with van der Waals surface area (Å²) in [6.07, 6.45) is 0. The van der Waals surface area contributed by atoms with Crippen molar-refractivity contribution >= 4 is 11.8 Å². The number of thioether (sulfide) groups is 1. The predicted molar refractivity (Wildman–Crippen MR) is 114 cm³/mol. The van der Waals surface area contributed by atoms with Crippen molar-refractivity contribution < 1.29 is 8.91 Å². The molecule has 0 N–H and O–H groups in total. The van der Waals surface area contributed by atoms with Crippen LogP contribution in [0.1, 0.15) is 49.2 Å². The lowest BCUT2D eigenvalue weighted by atomic mass is 10.2. The smallest absolute Gasteiger partial charge is 0.239 e. The van der Waals surface area contributed by atoms with Gasteiger partial charge in [-0.25, -0.2) is 4.39 Å². The Labute approximate surface area is 178 Å². The van der Waals surface area contributed by atoms with Gasteiger partial charge in [-0.2, -0.15) is 4.98 Å². The average Bonchev–Trinajstić information content (AvgIpc) is 3.38. The SMILES string of the molecule is CC(C)c1noc(C(C)Sc2nnc(-c3ccc(F)cc3)n2Cc2ccccc2)n1. The average molecular weight is 424 g/mol. The Morgan fingerprint density at radius 1 is 1.00 bits per heavy atom. The highest BCUT2D eigenvalue weighted by Crippen LogP contribution is 2.35. The zero-order chi connectivity index (χ0) is 21.1. The Balaban J connectivity index is 1.67. The highest BCUT2D eigenvalue weighted by Gasteiger charge is 2.22. The fourth-order valence-electron chi connectivity index (χ4n) is 2.95. The van der Waals surface area contributed by atoms with E-state index in [1.54, 1.807) is 12.1 Å². The first-order valence-corrected chi connectivity index (χ1v) is 10.6. The molecule has 2 heterocycles. The van der Waals surface area contributed by atoms with Crippen LogP contribution in [0.3, 0.4) is 0 Å². The van der Waals surface area contributed by atoms with Gasteiger partial charge in [0.05, 0.1) is 11.8 Å². The molecule has 0 radical (unpaired) electrons. The quantitative estimate of drug-likeness (QED) is 0.366. The van der Waals surface area contributed by atoms with Crippen molar-refractivity contribution in [3.8, 4) is 11.4 Å². The molecule has 0 amide bonds. The summed E-state index contributed by atoms with van der Waals surface area (Å²) >= 11 is 1.51. The Morgan fingerprint density at radius 2 is 1.73 bits per heavy atom. The summed E-state index contributed by atoms with van der Waals surface area (Å²) in [5.41, 5.74) is 1.93. The van der Waals surface area contributed by atoms with E-state index < -0.39 is 0 Å². The van der Waals surface area contributed by atoms with E-state index in [1.165, 1.54) is 23.9 Å². The lowest BCUT2D eigenvalue weighted by Crippen LogP contribution is -2.05. The van der Waals surface area contributed by atoms with E-state index in [4.69, 9.17) is 4.52 Å². The Morgan fingerprint density at radius 3 is 2.40 bits per heavy atom. The number of aromatic nitrogens is 5. The van der Waals surface area contributed by atoms with Gasteiger partial charge in [0, 0.05) is 11.5 Å². The van der Waals surface area contributed by atoms with Crippen LogP contribution in [0.4, 0.5) is 4.39 Å². The molecule has 8 heteroatoms. The molecular weight excluding hydrogens is 401 g/mol. The minimum atomic E-state index is -0.284. The van der Waals surface area contributed by atoms with Crippen molar-refractivity contribution in [2.24, 2.45) is 0 Å². The molecule has 0 saturated carbocycles. The van der Waals surface area contributed by atoms with Gasteiger partial charge in [-0.1, -0.05) is 61.1 Å². The summed E-state index contributed by atoms with van der Waals surface area (Å²) in [7, 11) is 0. The van der Waals surface area contributed by atoms with Crippen LogP contribution in [0, 0.1) is 5.82 Å². The van der Waals surface area contributed by atoms with E-state index in [0.29, 0.717) is 24.1 Å². The van der Waals surface area contributed by atoms with Gasteiger partial charge in [-0.05, 0) is 36.8 Å². The molecule has 4 aromatic rings. The largest absolute Gasteiger partial charge is 0.338 e. The van der Waals surface area contributed by atoms with Gasteiger partial charge in [0.1, 0.15) is 5.82 Å². The highest BCUT2D eigenvalue weighted by molar-refractivity contribution is 7.99. The minimum Gasteiger partial charge on any atom is -0.338 e. The van der Waals surface area contributed by atoms with Crippen LogP contribution in [0.25, 0.3) is 11.4 Å². The lowest BCUT2D eigenvalue weighted by molar-refractivity contribution is 0.373. The Hall–Kier alpha value is -3.00. The zero-order valence-electron chi connectivity index (χ0n) is 17.0. The van der Waals surface area contributed by atoms with Crippen LogP contribution >= 0.6 is 11.8 Å². The molecule has 0 aliphatic heterocycles. The summed E-state index contributed by atoms with van der Waals surface area (Å²) in [5.74, 6) is 1.85. The second-order valence-corrected chi connectivity index (χ2v) is 8.60. The lowest BCUT2D eigenvalue weighted by Gasteiger charge is -2.12. The summed E-state index contributed by atoms with van der Waals surface area (Å²) < 4.78 is 20.9. The molecule has 0 fully saturated rings. The Kier molecular flexibility index (Phi) is 5.94. The maximum atomic E-state index is 13.4. The molecule has 2 aromatic carbocycles. The predicted octanol–water partition coefficient (Wildman–Crippen LogP) is 5.49. The summed E-state index contributed by atoms with van der Waals surface area (Å²) in [6.45, 7) is 6.65. The van der Waals surface area contributed by atoms with E-state index in [1.807, 2.05) is 43.5 Å². The second kappa shape index (κ2) is 8.79. The van der Waals surface area contributed by atoms with Crippen LogP contribution in [0.15, 0.2) is 64.3 Å². The third-order valence-corrected chi connectivity index (χ3v) is 5.67. The van der Waals surface area contributed by atoms with Gasteiger partial charge >= 0.3 is 0 Å².